The summed E-state index contributed by atoms with van der Waals surface area (Å²) < 4.78 is 38.0. The lowest BCUT2D eigenvalue weighted by Gasteiger charge is -2.31. The first-order valence-corrected chi connectivity index (χ1v) is 15.2. The molecule has 1 saturated heterocycles. The molecule has 1 fully saturated rings. The first kappa shape index (κ1) is 31.1. The van der Waals surface area contributed by atoms with Gasteiger partial charge in [-0.1, -0.05) is 48.5 Å². The minimum atomic E-state index is -4.51. The molecule has 0 aliphatic carbocycles. The fraction of sp³-hybridized carbons (Fsp3) is 0.310. The fourth-order valence-corrected chi connectivity index (χ4v) is 6.40. The van der Waals surface area contributed by atoms with Crippen molar-refractivity contribution in [1.29, 1.82) is 5.26 Å². The summed E-state index contributed by atoms with van der Waals surface area (Å²) in [4.78, 5) is 16.9. The van der Waals surface area contributed by atoms with E-state index in [0.717, 1.165) is 5.56 Å². The molecule has 44 heavy (non-hydrogen) atoms. The summed E-state index contributed by atoms with van der Waals surface area (Å²) in [5.41, 5.74) is 2.73. The van der Waals surface area contributed by atoms with Crippen LogP contribution in [0.5, 0.6) is 5.75 Å². The van der Waals surface area contributed by atoms with E-state index in [1.165, 1.54) is 29.0 Å². The maximum absolute atomic E-state index is 14.3. The number of nitriles is 1. The number of carbonyl (C=O) groups is 1. The number of aliphatic hydroxyl groups is 2. The summed E-state index contributed by atoms with van der Waals surface area (Å²) >= 11 is 0. The van der Waals surface area contributed by atoms with E-state index in [0.29, 0.717) is 5.52 Å². The van der Waals surface area contributed by atoms with Gasteiger partial charge < -0.3 is 29.9 Å². The SMILES string of the molecule is CCOC(=O)[C@H](Cc1ccccc1)NP(=O)(OC[C@@]1(C#N)OC[C@@](O)(c2ccc3c(N)ncnn23)[C@@H]1O)Oc1ccccc1. The fourth-order valence-electron chi connectivity index (χ4n) is 4.88. The van der Waals surface area contributed by atoms with E-state index in [2.05, 4.69) is 15.2 Å². The van der Waals surface area contributed by atoms with Crippen molar-refractivity contribution in [1.82, 2.24) is 19.7 Å². The van der Waals surface area contributed by atoms with Crippen LogP contribution in [0.25, 0.3) is 5.52 Å². The summed E-state index contributed by atoms with van der Waals surface area (Å²) in [5, 5.41) is 39.9. The molecule has 0 saturated carbocycles. The van der Waals surface area contributed by atoms with E-state index in [9.17, 15) is 24.8 Å². The van der Waals surface area contributed by atoms with Crippen LogP contribution in [0, 0.1) is 11.3 Å². The minimum Gasteiger partial charge on any atom is -0.465 e. The normalized spacial score (nSPS) is 23.5. The quantitative estimate of drug-likeness (QED) is 0.132. The summed E-state index contributed by atoms with van der Waals surface area (Å²) in [6, 6.07) is 20.7. The average Bonchev–Trinajstić information content (AvgIpc) is 3.58. The van der Waals surface area contributed by atoms with Gasteiger partial charge in [-0.05, 0) is 43.2 Å². The van der Waals surface area contributed by atoms with Crippen LogP contribution in [0.1, 0.15) is 18.2 Å². The predicted molar refractivity (Wildman–Crippen MR) is 156 cm³/mol. The number of nitrogen functional groups attached to an aromatic ring is 1. The van der Waals surface area contributed by atoms with E-state index in [1.54, 1.807) is 55.5 Å². The van der Waals surface area contributed by atoms with Crippen LogP contribution in [0.3, 0.4) is 0 Å². The third kappa shape index (κ3) is 6.15. The number of para-hydroxylation sites is 1. The van der Waals surface area contributed by atoms with Crippen molar-refractivity contribution in [3.8, 4) is 11.8 Å². The summed E-state index contributed by atoms with van der Waals surface area (Å²) in [7, 11) is -4.51. The van der Waals surface area contributed by atoms with Crippen LogP contribution in [-0.4, -0.2) is 68.3 Å². The zero-order valence-electron chi connectivity index (χ0n) is 23.6. The smallest absolute Gasteiger partial charge is 0.459 e. The molecule has 4 aromatic rings. The lowest BCUT2D eigenvalue weighted by Crippen LogP contribution is -2.51. The summed E-state index contributed by atoms with van der Waals surface area (Å²) in [6.45, 7) is 0.333. The molecule has 3 heterocycles. The van der Waals surface area contributed by atoms with Gasteiger partial charge in [0.25, 0.3) is 0 Å². The highest BCUT2D eigenvalue weighted by atomic mass is 31.2. The monoisotopic (exact) mass is 622 g/mol. The third-order valence-corrected chi connectivity index (χ3v) is 8.69. The molecule has 5 atom stereocenters. The van der Waals surface area contributed by atoms with Crippen molar-refractivity contribution in [2.45, 2.75) is 36.7 Å². The Morgan fingerprint density at radius 2 is 1.93 bits per heavy atom. The number of hydrogen-bond donors (Lipinski definition) is 4. The average molecular weight is 623 g/mol. The number of hydrogen-bond acceptors (Lipinski definition) is 12. The number of nitrogens with one attached hydrogen (secondary N) is 1. The molecule has 1 aliphatic heterocycles. The molecule has 2 aromatic carbocycles. The molecule has 0 bridgehead atoms. The standard InChI is InChI=1S/C29H31N6O8P/c1-2-40-26(36)22(15-20-9-5-3-6-10-20)34-44(39,43-21-11-7-4-8-12-21)42-17-28(16-30)27(37)29(38,18-41-28)24-14-13-23-25(31)32-19-33-35(23)24/h3-14,19,22,27,37-38H,2,15,17-18H2,1H3,(H,34,39)(H2,31,32,33)/t22-,27+,28+,29+,44?/m0/s1. The van der Waals surface area contributed by atoms with Gasteiger partial charge in [0.15, 0.2) is 11.4 Å². The van der Waals surface area contributed by atoms with Crippen LogP contribution < -0.4 is 15.3 Å². The Morgan fingerprint density at radius 3 is 2.61 bits per heavy atom. The number of nitrogens with zero attached hydrogens (tertiary/aromatic N) is 4. The number of nitrogens with two attached hydrogens (primary N) is 1. The number of anilines is 1. The Hall–Kier alpha value is -4.35. The Labute approximate surface area is 252 Å². The molecule has 5 rings (SSSR count). The number of carbonyl (C=O) groups excluding carboxylic acids is 1. The number of esters is 1. The molecule has 5 N–H and O–H groups in total. The molecule has 0 amide bonds. The van der Waals surface area contributed by atoms with E-state index < -0.39 is 50.3 Å². The zero-order chi connectivity index (χ0) is 31.4. The largest absolute Gasteiger partial charge is 0.465 e. The van der Waals surface area contributed by atoms with Crippen LogP contribution in [0.4, 0.5) is 5.82 Å². The van der Waals surface area contributed by atoms with Crippen LogP contribution in [0.15, 0.2) is 79.1 Å². The lowest BCUT2D eigenvalue weighted by molar-refractivity contribution is -0.145. The van der Waals surface area contributed by atoms with Crippen molar-refractivity contribution in [3.63, 3.8) is 0 Å². The van der Waals surface area contributed by atoms with Crippen LogP contribution >= 0.6 is 7.75 Å². The number of ether oxygens (including phenoxy) is 2. The maximum atomic E-state index is 14.3. The van der Waals surface area contributed by atoms with Crippen molar-refractivity contribution in [2.24, 2.45) is 0 Å². The Bertz CT molecular complexity index is 1700. The Morgan fingerprint density at radius 1 is 1.23 bits per heavy atom. The number of fused-ring (bicyclic) bond motifs is 1. The molecule has 230 valence electrons. The highest BCUT2D eigenvalue weighted by molar-refractivity contribution is 7.52. The van der Waals surface area contributed by atoms with Crippen molar-refractivity contribution in [3.05, 3.63) is 90.4 Å². The Kier molecular flexibility index (Phi) is 8.98. The van der Waals surface area contributed by atoms with Gasteiger partial charge in [0.1, 0.15) is 42.4 Å². The number of aliphatic hydroxyl groups excluding tert-OH is 1. The second-order valence-electron chi connectivity index (χ2n) is 10.1. The van der Waals surface area contributed by atoms with E-state index in [4.69, 9.17) is 24.3 Å². The van der Waals surface area contributed by atoms with Gasteiger partial charge in [-0.3, -0.25) is 9.32 Å². The first-order valence-electron chi connectivity index (χ1n) is 13.6. The van der Waals surface area contributed by atoms with Gasteiger partial charge in [-0.15, -0.1) is 0 Å². The molecule has 0 radical (unpaired) electrons. The van der Waals surface area contributed by atoms with Crippen molar-refractivity contribution >= 4 is 25.1 Å². The van der Waals surface area contributed by atoms with Gasteiger partial charge in [-0.2, -0.15) is 15.4 Å². The molecule has 0 spiro atoms. The molecular weight excluding hydrogens is 591 g/mol. The number of rotatable bonds is 12. The highest BCUT2D eigenvalue weighted by Crippen LogP contribution is 2.48. The van der Waals surface area contributed by atoms with Gasteiger partial charge in [0, 0.05) is 0 Å². The predicted octanol–water partition coefficient (Wildman–Crippen LogP) is 2.12. The van der Waals surface area contributed by atoms with E-state index in [-0.39, 0.29) is 30.3 Å². The zero-order valence-corrected chi connectivity index (χ0v) is 24.5. The molecule has 14 nitrogen and oxygen atoms in total. The van der Waals surface area contributed by atoms with Crippen LogP contribution in [0.2, 0.25) is 0 Å². The van der Waals surface area contributed by atoms with E-state index >= 15 is 0 Å². The van der Waals surface area contributed by atoms with Gasteiger partial charge in [-0.25, -0.2) is 14.1 Å². The second-order valence-corrected chi connectivity index (χ2v) is 11.8. The number of benzene rings is 2. The van der Waals surface area contributed by atoms with Crippen molar-refractivity contribution < 1.29 is 38.1 Å². The number of aromatic nitrogens is 3. The minimum absolute atomic E-state index is 0.0671. The molecule has 15 heteroatoms. The van der Waals surface area contributed by atoms with Crippen LogP contribution in [-0.2, 0) is 35.4 Å². The first-order chi connectivity index (χ1) is 21.1. The summed E-state index contributed by atoms with van der Waals surface area (Å²) in [6.07, 6.45) is -0.666. The maximum Gasteiger partial charge on any atom is 0.459 e. The van der Waals surface area contributed by atoms with Crippen molar-refractivity contribution in [2.75, 3.05) is 25.6 Å². The third-order valence-electron chi connectivity index (χ3n) is 7.14. The highest BCUT2D eigenvalue weighted by Gasteiger charge is 2.61. The van der Waals surface area contributed by atoms with Gasteiger partial charge in [0.2, 0.25) is 5.60 Å². The second kappa shape index (κ2) is 12.7. The topological polar surface area (TPSA) is 204 Å². The van der Waals surface area contributed by atoms with Gasteiger partial charge in [0.05, 0.1) is 18.9 Å². The van der Waals surface area contributed by atoms with E-state index in [1.807, 2.05) is 12.1 Å². The summed E-state index contributed by atoms with van der Waals surface area (Å²) in [5.74, 6) is -0.437. The molecule has 1 aliphatic rings. The lowest BCUT2D eigenvalue weighted by atomic mass is 9.86. The van der Waals surface area contributed by atoms with Gasteiger partial charge >= 0.3 is 13.7 Å². The Balaban J connectivity index is 1.44. The molecule has 1 unspecified atom stereocenters. The molecular formula is C29H31N6O8P. The molecule has 2 aromatic heterocycles.